The molecule has 11 heteroatoms. The van der Waals surface area contributed by atoms with Gasteiger partial charge in [0, 0.05) is 64.1 Å². The molecule has 53 heavy (non-hydrogen) atoms. The second kappa shape index (κ2) is 11.6. The highest BCUT2D eigenvalue weighted by Gasteiger charge is 2.49. The topological polar surface area (TPSA) is 201 Å². The Hall–Kier alpha value is -6.88. The Kier molecular flexibility index (Phi) is 7.00. The molecule has 3 aliphatic rings. The molecule has 0 saturated carbocycles. The summed E-state index contributed by atoms with van der Waals surface area (Å²) in [5, 5.41) is 97.0. The highest BCUT2D eigenvalue weighted by molar-refractivity contribution is 5.70. The molecule has 9 rings (SSSR count). The van der Waals surface area contributed by atoms with Crippen LogP contribution in [0, 0.1) is 0 Å². The first-order valence-corrected chi connectivity index (χ1v) is 16.9. The maximum absolute atomic E-state index is 11.7. The van der Waals surface area contributed by atoms with Crippen LogP contribution in [0.2, 0.25) is 0 Å². The number of hydrogen-bond donors (Lipinski definition) is 9. The van der Waals surface area contributed by atoms with Crippen LogP contribution in [0.1, 0.15) is 80.0 Å². The molecule has 0 unspecified atom stereocenters. The van der Waals surface area contributed by atoms with E-state index in [1.165, 1.54) is 54.6 Å². The summed E-state index contributed by atoms with van der Waals surface area (Å²) in [5.74, 6) is -2.93. The standard InChI is InChI=1S/C42H32O11/c43-20-3-1-18(2-4-20)41-40-29-12-25(48)15-33(51)37(29)28(26-7-5-21(44)13-31(26)49)16-30-38-34(17-35(52-41)39(30)40)53-42(27-8-6-22(45)14-32(27)50)36(38)19-9-23(46)11-24(47)10-19/h1-15,17,28,36,40-51H,16H2/t28-,36+,40-,41+,42-/m0/s1. The van der Waals surface area contributed by atoms with Crippen molar-refractivity contribution in [2.24, 2.45) is 0 Å². The fourth-order valence-corrected chi connectivity index (χ4v) is 8.60. The van der Waals surface area contributed by atoms with Crippen molar-refractivity contribution in [3.8, 4) is 63.2 Å². The van der Waals surface area contributed by atoms with Gasteiger partial charge in [-0.25, -0.2) is 0 Å². The van der Waals surface area contributed by atoms with Crippen molar-refractivity contribution in [1.82, 2.24) is 0 Å². The maximum atomic E-state index is 11.7. The summed E-state index contributed by atoms with van der Waals surface area (Å²) in [5.41, 5.74) is 4.83. The van der Waals surface area contributed by atoms with E-state index in [4.69, 9.17) is 9.47 Å². The van der Waals surface area contributed by atoms with Gasteiger partial charge in [0.05, 0.1) is 11.8 Å². The fraction of sp³-hybridized carbons (Fsp3) is 0.143. The third-order valence-electron chi connectivity index (χ3n) is 10.7. The van der Waals surface area contributed by atoms with E-state index in [0.717, 1.165) is 0 Å². The Labute approximate surface area is 301 Å². The van der Waals surface area contributed by atoms with Gasteiger partial charge in [-0.2, -0.15) is 0 Å². The van der Waals surface area contributed by atoms with Gasteiger partial charge in [0.1, 0.15) is 75.5 Å². The van der Waals surface area contributed by atoms with E-state index >= 15 is 0 Å². The first-order valence-electron chi connectivity index (χ1n) is 16.9. The lowest BCUT2D eigenvalue weighted by Crippen LogP contribution is -2.14. The Morgan fingerprint density at radius 1 is 0.396 bits per heavy atom. The van der Waals surface area contributed by atoms with Crippen molar-refractivity contribution < 1.29 is 55.4 Å². The van der Waals surface area contributed by atoms with E-state index in [9.17, 15) is 46.0 Å². The lowest BCUT2D eigenvalue weighted by atomic mass is 9.77. The zero-order valence-corrected chi connectivity index (χ0v) is 27.7. The molecule has 0 saturated heterocycles. The molecular formula is C42H32O11. The first kappa shape index (κ1) is 32.1. The molecule has 2 aliphatic heterocycles. The monoisotopic (exact) mass is 712 g/mol. The van der Waals surface area contributed by atoms with Crippen molar-refractivity contribution in [2.45, 2.75) is 36.4 Å². The predicted octanol–water partition coefficient (Wildman–Crippen LogP) is 7.26. The van der Waals surface area contributed by atoms with E-state index in [2.05, 4.69) is 0 Å². The van der Waals surface area contributed by atoms with Crippen molar-refractivity contribution in [2.75, 3.05) is 0 Å². The minimum atomic E-state index is -0.930. The van der Waals surface area contributed by atoms with Gasteiger partial charge >= 0.3 is 0 Å². The van der Waals surface area contributed by atoms with Crippen LogP contribution in [0.4, 0.5) is 0 Å². The minimum absolute atomic E-state index is 0.0532. The minimum Gasteiger partial charge on any atom is -0.508 e. The molecule has 6 aromatic rings. The molecule has 0 aromatic heterocycles. The first-order chi connectivity index (χ1) is 25.4. The summed E-state index contributed by atoms with van der Waals surface area (Å²) in [6, 6.07) is 23.7. The van der Waals surface area contributed by atoms with Gasteiger partial charge in [-0.3, -0.25) is 0 Å². The molecule has 0 amide bonds. The molecule has 266 valence electrons. The number of hydrogen-bond acceptors (Lipinski definition) is 11. The molecular weight excluding hydrogens is 680 g/mol. The molecule has 2 heterocycles. The molecule has 11 nitrogen and oxygen atoms in total. The van der Waals surface area contributed by atoms with Crippen LogP contribution in [-0.2, 0) is 6.42 Å². The van der Waals surface area contributed by atoms with Crippen LogP contribution in [0.3, 0.4) is 0 Å². The Balaban J connectivity index is 1.37. The number of ether oxygens (including phenoxy) is 2. The van der Waals surface area contributed by atoms with Gasteiger partial charge in [-0.05, 0) is 77.2 Å². The summed E-state index contributed by atoms with van der Waals surface area (Å²) < 4.78 is 13.4. The number of fused-ring (bicyclic) bond motifs is 4. The van der Waals surface area contributed by atoms with Crippen molar-refractivity contribution in [3.63, 3.8) is 0 Å². The number of phenols is 9. The normalized spacial score (nSPS) is 20.8. The quantitative estimate of drug-likeness (QED) is 0.0891. The number of phenolic OH excluding ortho intramolecular Hbond substituents is 9. The molecule has 0 bridgehead atoms. The molecule has 5 atom stereocenters. The largest absolute Gasteiger partial charge is 0.508 e. The summed E-state index contributed by atoms with van der Waals surface area (Å²) in [4.78, 5) is 0. The number of aromatic hydroxyl groups is 9. The maximum Gasteiger partial charge on any atom is 0.138 e. The summed E-state index contributed by atoms with van der Waals surface area (Å²) >= 11 is 0. The van der Waals surface area contributed by atoms with Crippen LogP contribution in [0.15, 0.2) is 97.1 Å². The van der Waals surface area contributed by atoms with Crippen molar-refractivity contribution >= 4 is 0 Å². The highest BCUT2D eigenvalue weighted by Crippen LogP contribution is 2.63. The zero-order valence-electron chi connectivity index (χ0n) is 27.7. The molecule has 1 aliphatic carbocycles. The number of rotatable bonds is 4. The molecule has 6 aromatic carbocycles. The van der Waals surface area contributed by atoms with Gasteiger partial charge in [-0.1, -0.05) is 18.2 Å². The Morgan fingerprint density at radius 2 is 0.943 bits per heavy atom. The van der Waals surface area contributed by atoms with Crippen LogP contribution in [0.5, 0.6) is 63.2 Å². The summed E-state index contributed by atoms with van der Waals surface area (Å²) in [7, 11) is 0. The van der Waals surface area contributed by atoms with Crippen molar-refractivity contribution in [1.29, 1.82) is 0 Å². The van der Waals surface area contributed by atoms with Crippen LogP contribution < -0.4 is 9.47 Å². The Morgan fingerprint density at radius 3 is 1.58 bits per heavy atom. The van der Waals surface area contributed by atoms with E-state index in [-0.39, 0.29) is 58.2 Å². The van der Waals surface area contributed by atoms with Crippen molar-refractivity contribution in [3.05, 3.63) is 147 Å². The second-order valence-corrected chi connectivity index (χ2v) is 13.8. The van der Waals surface area contributed by atoms with Gasteiger partial charge in [0.15, 0.2) is 0 Å². The third kappa shape index (κ3) is 5.03. The molecule has 0 spiro atoms. The predicted molar refractivity (Wildman–Crippen MR) is 190 cm³/mol. The molecule has 0 radical (unpaired) electrons. The lowest BCUT2D eigenvalue weighted by molar-refractivity contribution is 0.210. The summed E-state index contributed by atoms with van der Waals surface area (Å²) in [6.07, 6.45) is -1.52. The molecule has 0 fully saturated rings. The highest BCUT2D eigenvalue weighted by atomic mass is 16.5. The third-order valence-corrected chi connectivity index (χ3v) is 10.7. The van der Waals surface area contributed by atoms with Gasteiger partial charge < -0.3 is 55.4 Å². The van der Waals surface area contributed by atoms with Gasteiger partial charge in [0.2, 0.25) is 0 Å². The SMILES string of the molecule is Oc1ccc([C@H]2Oc3cc4c(c5c3[C@@H]2c2cc(O)cc(O)c2[C@H](c2ccc(O)cc2O)C5)[C@@H](c2cc(O)cc(O)c2)[C@H](c2ccc(O)cc2O)O4)cc1. The van der Waals surface area contributed by atoms with Crippen LogP contribution >= 0.6 is 0 Å². The van der Waals surface area contributed by atoms with E-state index in [1.807, 2.05) is 0 Å². The second-order valence-electron chi connectivity index (χ2n) is 13.8. The average Bonchev–Trinajstić information content (AvgIpc) is 3.61. The molecule has 9 N–H and O–H groups in total. The Bertz CT molecular complexity index is 2450. The fourth-order valence-electron chi connectivity index (χ4n) is 8.60. The van der Waals surface area contributed by atoms with E-state index in [1.54, 1.807) is 42.5 Å². The smallest absolute Gasteiger partial charge is 0.138 e. The van der Waals surface area contributed by atoms with Crippen LogP contribution in [0.25, 0.3) is 0 Å². The summed E-state index contributed by atoms with van der Waals surface area (Å²) in [6.45, 7) is 0. The zero-order chi connectivity index (χ0) is 36.9. The van der Waals surface area contributed by atoms with E-state index in [0.29, 0.717) is 61.6 Å². The van der Waals surface area contributed by atoms with Crippen LogP contribution in [-0.4, -0.2) is 46.0 Å². The average molecular weight is 713 g/mol. The van der Waals surface area contributed by atoms with Gasteiger partial charge in [-0.15, -0.1) is 0 Å². The lowest BCUT2D eigenvalue weighted by Gasteiger charge is -2.25. The van der Waals surface area contributed by atoms with Gasteiger partial charge in [0.25, 0.3) is 0 Å². The van der Waals surface area contributed by atoms with E-state index < -0.39 is 30.0 Å². The number of benzene rings is 6.